The summed E-state index contributed by atoms with van der Waals surface area (Å²) in [6.07, 6.45) is 5.74. The van der Waals surface area contributed by atoms with Crippen LogP contribution in [0.2, 0.25) is 0 Å². The fourth-order valence-electron chi connectivity index (χ4n) is 3.40. The highest BCUT2D eigenvalue weighted by Gasteiger charge is 2.24. The molecule has 1 amide bonds. The summed E-state index contributed by atoms with van der Waals surface area (Å²) in [7, 11) is 0. The molecule has 1 aliphatic carbocycles. The van der Waals surface area contributed by atoms with Crippen molar-refractivity contribution in [3.05, 3.63) is 24.3 Å². The highest BCUT2D eigenvalue weighted by Crippen LogP contribution is 2.27. The number of ether oxygens (including phenoxy) is 1. The molecule has 0 atom stereocenters. The number of rotatable bonds is 8. The van der Waals surface area contributed by atoms with E-state index in [1.54, 1.807) is 12.1 Å². The zero-order valence-electron chi connectivity index (χ0n) is 15.6. The monoisotopic (exact) mass is 411 g/mol. The maximum atomic E-state index is 12.6. The number of nitrogens with zero attached hydrogens (tertiary/aromatic N) is 3. The molecule has 0 bridgehead atoms. The van der Waals surface area contributed by atoms with E-state index in [-0.39, 0.29) is 23.3 Å². The first-order valence-electron chi connectivity index (χ1n) is 9.38. The minimum Gasteiger partial charge on any atom is -0.435 e. The molecule has 6 nitrogen and oxygen atoms in total. The molecule has 1 fully saturated rings. The fraction of sp³-hybridized carbons (Fsp3) is 0.526. The predicted octanol–water partition coefficient (Wildman–Crippen LogP) is 4.61. The first-order valence-corrected chi connectivity index (χ1v) is 10.4. The molecule has 152 valence electrons. The van der Waals surface area contributed by atoms with Gasteiger partial charge in [0.05, 0.1) is 5.75 Å². The van der Waals surface area contributed by atoms with E-state index in [1.165, 1.54) is 43.2 Å². The Morgan fingerprint density at radius 3 is 2.61 bits per heavy atom. The second kappa shape index (κ2) is 9.86. The van der Waals surface area contributed by atoms with Gasteiger partial charge in [0.2, 0.25) is 11.8 Å². The lowest BCUT2D eigenvalue weighted by Gasteiger charge is -2.33. The summed E-state index contributed by atoms with van der Waals surface area (Å²) < 4.78 is 34.3. The summed E-state index contributed by atoms with van der Waals surface area (Å²) in [5, 5.41) is 8.22. The largest absolute Gasteiger partial charge is 0.435 e. The molecule has 1 heterocycles. The van der Waals surface area contributed by atoms with Crippen molar-refractivity contribution in [2.24, 2.45) is 0 Å². The summed E-state index contributed by atoms with van der Waals surface area (Å²) in [5.41, 5.74) is 0.588. The van der Waals surface area contributed by atoms with Crippen molar-refractivity contribution in [1.29, 1.82) is 0 Å². The smallest absolute Gasteiger partial charge is 0.387 e. The van der Waals surface area contributed by atoms with Crippen molar-refractivity contribution in [3.8, 4) is 17.2 Å². The van der Waals surface area contributed by atoms with Crippen molar-refractivity contribution >= 4 is 17.7 Å². The standard InChI is InChI=1S/C19H23F2N3O3S/c1-2-24(14-6-4-3-5-7-14)16(25)12-28-19-23-22-17(27-19)13-8-10-15(11-9-13)26-18(20)21/h8-11,14,18H,2-7,12H2,1H3. The second-order valence-corrected chi connectivity index (χ2v) is 7.46. The van der Waals surface area contributed by atoms with Crippen molar-refractivity contribution in [2.75, 3.05) is 12.3 Å². The van der Waals surface area contributed by atoms with E-state index in [9.17, 15) is 13.6 Å². The van der Waals surface area contributed by atoms with Crippen molar-refractivity contribution < 1.29 is 22.7 Å². The maximum Gasteiger partial charge on any atom is 0.387 e. The van der Waals surface area contributed by atoms with Crippen molar-refractivity contribution in [3.63, 3.8) is 0 Å². The van der Waals surface area contributed by atoms with Crippen LogP contribution in [0.3, 0.4) is 0 Å². The van der Waals surface area contributed by atoms with Crippen LogP contribution in [0.15, 0.2) is 33.9 Å². The number of carbonyl (C=O) groups excluding carboxylic acids is 1. The van der Waals surface area contributed by atoms with Gasteiger partial charge in [-0.15, -0.1) is 10.2 Å². The molecular weight excluding hydrogens is 388 g/mol. The first-order chi connectivity index (χ1) is 13.6. The van der Waals surface area contributed by atoms with Crippen LogP contribution in [0.4, 0.5) is 8.78 Å². The van der Waals surface area contributed by atoms with Gasteiger partial charge >= 0.3 is 6.61 Å². The Labute approximate surface area is 166 Å². The van der Waals surface area contributed by atoms with Crippen LogP contribution in [0.5, 0.6) is 5.75 Å². The Morgan fingerprint density at radius 1 is 1.25 bits per heavy atom. The Morgan fingerprint density at radius 2 is 1.96 bits per heavy atom. The van der Waals surface area contributed by atoms with E-state index in [4.69, 9.17) is 4.42 Å². The number of halogens is 2. The molecule has 9 heteroatoms. The molecule has 1 saturated carbocycles. The molecule has 0 unspecified atom stereocenters. The van der Waals surface area contributed by atoms with E-state index in [0.717, 1.165) is 12.8 Å². The van der Waals surface area contributed by atoms with Gasteiger partial charge in [-0.2, -0.15) is 8.78 Å². The normalized spacial score (nSPS) is 15.0. The number of hydrogen-bond donors (Lipinski definition) is 0. The van der Waals surface area contributed by atoms with Crippen LogP contribution in [0.25, 0.3) is 11.5 Å². The zero-order chi connectivity index (χ0) is 19.9. The van der Waals surface area contributed by atoms with Gasteiger partial charge in [-0.1, -0.05) is 31.0 Å². The predicted molar refractivity (Wildman–Crippen MR) is 101 cm³/mol. The van der Waals surface area contributed by atoms with Crippen LogP contribution in [0.1, 0.15) is 39.0 Å². The fourth-order valence-corrected chi connectivity index (χ4v) is 4.05. The highest BCUT2D eigenvalue weighted by atomic mass is 32.2. The average molecular weight is 411 g/mol. The van der Waals surface area contributed by atoms with E-state index in [1.807, 2.05) is 11.8 Å². The van der Waals surface area contributed by atoms with Crippen LogP contribution in [-0.4, -0.2) is 46.0 Å². The van der Waals surface area contributed by atoms with Gasteiger partial charge in [0.1, 0.15) is 5.75 Å². The number of thioether (sulfide) groups is 1. The van der Waals surface area contributed by atoms with Crippen LogP contribution < -0.4 is 4.74 Å². The maximum absolute atomic E-state index is 12.6. The third kappa shape index (κ3) is 5.43. The molecule has 0 spiro atoms. The molecule has 0 aliphatic heterocycles. The summed E-state index contributed by atoms with van der Waals surface area (Å²) in [6.45, 7) is -0.165. The Balaban J connectivity index is 1.56. The molecular formula is C19H23F2N3O3S. The molecule has 1 aliphatic rings. The van der Waals surface area contributed by atoms with Gasteiger partial charge in [-0.25, -0.2) is 0 Å². The Bertz CT molecular complexity index is 764. The highest BCUT2D eigenvalue weighted by molar-refractivity contribution is 7.99. The molecule has 2 aromatic rings. The Kier molecular flexibility index (Phi) is 7.24. The van der Waals surface area contributed by atoms with E-state index in [0.29, 0.717) is 23.4 Å². The van der Waals surface area contributed by atoms with Gasteiger partial charge in [-0.05, 0) is 44.0 Å². The van der Waals surface area contributed by atoms with Gasteiger partial charge in [-0.3, -0.25) is 4.79 Å². The molecule has 1 aromatic carbocycles. The lowest BCUT2D eigenvalue weighted by molar-refractivity contribution is -0.131. The van der Waals surface area contributed by atoms with Crippen LogP contribution >= 0.6 is 11.8 Å². The second-order valence-electron chi connectivity index (χ2n) is 6.54. The molecule has 3 rings (SSSR count). The lowest BCUT2D eigenvalue weighted by Crippen LogP contribution is -2.42. The van der Waals surface area contributed by atoms with Gasteiger partial charge in [0.15, 0.2) is 0 Å². The van der Waals surface area contributed by atoms with Gasteiger partial charge in [0, 0.05) is 18.2 Å². The summed E-state index contributed by atoms with van der Waals surface area (Å²) in [5.74, 6) is 0.638. The third-order valence-electron chi connectivity index (χ3n) is 4.73. The number of alkyl halides is 2. The SMILES string of the molecule is CCN(C(=O)CSc1nnc(-c2ccc(OC(F)F)cc2)o1)C1CCCCC1. The summed E-state index contributed by atoms with van der Waals surface area (Å²) in [4.78, 5) is 14.5. The average Bonchev–Trinajstić information content (AvgIpc) is 3.17. The number of aromatic nitrogens is 2. The summed E-state index contributed by atoms with van der Waals surface area (Å²) in [6, 6.07) is 6.27. The number of carbonyl (C=O) groups is 1. The minimum atomic E-state index is -2.87. The number of amides is 1. The molecule has 0 saturated heterocycles. The third-order valence-corrected chi connectivity index (χ3v) is 5.53. The molecule has 0 N–H and O–H groups in total. The molecule has 0 radical (unpaired) electrons. The zero-order valence-corrected chi connectivity index (χ0v) is 16.5. The summed E-state index contributed by atoms with van der Waals surface area (Å²) >= 11 is 1.21. The van der Waals surface area contributed by atoms with Gasteiger partial charge in [0.25, 0.3) is 5.22 Å². The van der Waals surface area contributed by atoms with Crippen molar-refractivity contribution in [1.82, 2.24) is 15.1 Å². The lowest BCUT2D eigenvalue weighted by atomic mass is 9.94. The number of benzene rings is 1. The minimum absolute atomic E-state index is 0.0563. The number of hydrogen-bond acceptors (Lipinski definition) is 6. The van der Waals surface area contributed by atoms with Crippen LogP contribution in [-0.2, 0) is 4.79 Å². The van der Waals surface area contributed by atoms with E-state index < -0.39 is 6.61 Å². The van der Waals surface area contributed by atoms with E-state index >= 15 is 0 Å². The molecule has 28 heavy (non-hydrogen) atoms. The topological polar surface area (TPSA) is 68.5 Å². The van der Waals surface area contributed by atoms with E-state index in [2.05, 4.69) is 14.9 Å². The molecule has 1 aromatic heterocycles. The Hall–Kier alpha value is -2.16. The van der Waals surface area contributed by atoms with Gasteiger partial charge < -0.3 is 14.1 Å². The van der Waals surface area contributed by atoms with Crippen molar-refractivity contribution in [2.45, 2.75) is 56.9 Å². The first kappa shape index (κ1) is 20.6. The quantitative estimate of drug-likeness (QED) is 0.591. The van der Waals surface area contributed by atoms with Crippen LogP contribution in [0, 0.1) is 0 Å².